The largest absolute Gasteiger partial charge is 0.362 e. The summed E-state index contributed by atoms with van der Waals surface area (Å²) in [5.41, 5.74) is 0.947. The Bertz CT molecular complexity index is 686. The van der Waals surface area contributed by atoms with E-state index < -0.39 is 0 Å². The molecule has 1 atom stereocenters. The Labute approximate surface area is 145 Å². The molecule has 0 spiro atoms. The molecule has 0 fully saturated rings. The predicted molar refractivity (Wildman–Crippen MR) is 95.9 cm³/mol. The maximum absolute atomic E-state index is 12.3. The van der Waals surface area contributed by atoms with Gasteiger partial charge in [0.15, 0.2) is 0 Å². The molecule has 2 N–H and O–H groups in total. The third-order valence-corrected chi connectivity index (χ3v) is 4.41. The van der Waals surface area contributed by atoms with E-state index in [0.717, 1.165) is 16.3 Å². The second kappa shape index (κ2) is 8.44. The lowest BCUT2D eigenvalue weighted by Gasteiger charge is -2.18. The molecule has 0 aliphatic heterocycles. The van der Waals surface area contributed by atoms with Gasteiger partial charge >= 0.3 is 0 Å². The summed E-state index contributed by atoms with van der Waals surface area (Å²) in [6.45, 7) is 1.86. The van der Waals surface area contributed by atoms with Crippen LogP contribution in [0.5, 0.6) is 0 Å². The van der Waals surface area contributed by atoms with Crippen LogP contribution in [0.2, 0.25) is 0 Å². The highest BCUT2D eigenvalue weighted by atomic mass is 32.1. The Morgan fingerprint density at radius 3 is 2.71 bits per heavy atom. The number of thiophene rings is 1. The zero-order valence-corrected chi connectivity index (χ0v) is 14.9. The molecular weight excluding hydrogens is 324 g/mol. The SMILES string of the molecule is CC(=O)N[C@H](CC(=O)NCc1cccnc1N(C)C)c1cccs1. The minimum absolute atomic E-state index is 0.115. The van der Waals surface area contributed by atoms with Crippen molar-refractivity contribution >= 4 is 29.0 Å². The molecule has 0 aromatic carbocycles. The number of carbonyl (C=O) groups is 2. The van der Waals surface area contributed by atoms with E-state index in [2.05, 4.69) is 15.6 Å². The number of amides is 2. The van der Waals surface area contributed by atoms with Gasteiger partial charge in [-0.05, 0) is 17.5 Å². The van der Waals surface area contributed by atoms with E-state index in [-0.39, 0.29) is 24.3 Å². The summed E-state index contributed by atoms with van der Waals surface area (Å²) >= 11 is 1.52. The van der Waals surface area contributed by atoms with Crippen molar-refractivity contribution in [2.24, 2.45) is 0 Å². The molecule has 0 saturated carbocycles. The third kappa shape index (κ3) is 5.06. The van der Waals surface area contributed by atoms with E-state index in [1.54, 1.807) is 6.20 Å². The molecule has 0 aliphatic rings. The van der Waals surface area contributed by atoms with Gasteiger partial charge in [0.25, 0.3) is 0 Å². The molecule has 2 amide bonds. The van der Waals surface area contributed by atoms with Crippen molar-refractivity contribution in [2.75, 3.05) is 19.0 Å². The van der Waals surface area contributed by atoms with Crippen molar-refractivity contribution < 1.29 is 9.59 Å². The van der Waals surface area contributed by atoms with Crippen LogP contribution < -0.4 is 15.5 Å². The molecule has 2 rings (SSSR count). The number of carbonyl (C=O) groups excluding carboxylic acids is 2. The number of aromatic nitrogens is 1. The monoisotopic (exact) mass is 346 g/mol. The molecule has 0 radical (unpaired) electrons. The van der Waals surface area contributed by atoms with Crippen molar-refractivity contribution in [3.63, 3.8) is 0 Å². The Kier molecular flexibility index (Phi) is 6.31. The van der Waals surface area contributed by atoms with Crippen LogP contribution in [0.1, 0.15) is 29.8 Å². The van der Waals surface area contributed by atoms with Crippen LogP contribution in [-0.4, -0.2) is 30.9 Å². The number of nitrogens with zero attached hydrogens (tertiary/aromatic N) is 2. The van der Waals surface area contributed by atoms with Gasteiger partial charge in [-0.15, -0.1) is 11.3 Å². The number of anilines is 1. The lowest BCUT2D eigenvalue weighted by Crippen LogP contribution is -2.32. The topological polar surface area (TPSA) is 74.3 Å². The van der Waals surface area contributed by atoms with E-state index >= 15 is 0 Å². The number of nitrogens with one attached hydrogen (secondary N) is 2. The van der Waals surface area contributed by atoms with Gasteiger partial charge in [0.2, 0.25) is 11.8 Å². The standard InChI is InChI=1S/C17H22N4O2S/c1-12(22)20-14(15-7-5-9-24-15)10-16(23)19-11-13-6-4-8-18-17(13)21(2)3/h4-9,14H,10-11H2,1-3H3,(H,19,23)(H,20,22)/t14-/m1/s1. The van der Waals surface area contributed by atoms with Crippen molar-refractivity contribution in [3.05, 3.63) is 46.3 Å². The van der Waals surface area contributed by atoms with Crippen LogP contribution in [0.15, 0.2) is 35.8 Å². The molecule has 0 unspecified atom stereocenters. The van der Waals surface area contributed by atoms with Crippen LogP contribution in [0.25, 0.3) is 0 Å². The van der Waals surface area contributed by atoms with Crippen molar-refractivity contribution in [1.82, 2.24) is 15.6 Å². The molecular formula is C17H22N4O2S. The smallest absolute Gasteiger partial charge is 0.222 e. The zero-order chi connectivity index (χ0) is 17.5. The summed E-state index contributed by atoms with van der Waals surface area (Å²) in [6, 6.07) is 7.31. The molecule has 0 saturated heterocycles. The molecule has 6 nitrogen and oxygen atoms in total. The van der Waals surface area contributed by atoms with Gasteiger partial charge in [-0.1, -0.05) is 12.1 Å². The maximum atomic E-state index is 12.3. The van der Waals surface area contributed by atoms with E-state index in [4.69, 9.17) is 0 Å². The van der Waals surface area contributed by atoms with Gasteiger partial charge in [0.05, 0.1) is 12.5 Å². The fourth-order valence-electron chi connectivity index (χ4n) is 2.38. The summed E-state index contributed by atoms with van der Waals surface area (Å²) in [5, 5.41) is 7.67. The minimum atomic E-state index is -0.301. The number of pyridine rings is 1. The molecule has 2 aromatic heterocycles. The van der Waals surface area contributed by atoms with Crippen LogP contribution in [0.4, 0.5) is 5.82 Å². The number of hydrogen-bond acceptors (Lipinski definition) is 5. The molecule has 24 heavy (non-hydrogen) atoms. The predicted octanol–water partition coefficient (Wildman–Crippen LogP) is 2.09. The molecule has 0 bridgehead atoms. The van der Waals surface area contributed by atoms with Crippen LogP contribution in [0.3, 0.4) is 0 Å². The molecule has 2 heterocycles. The second-order valence-corrected chi connectivity index (χ2v) is 6.61. The highest BCUT2D eigenvalue weighted by Crippen LogP contribution is 2.22. The summed E-state index contributed by atoms with van der Waals surface area (Å²) in [4.78, 5) is 30.9. The number of hydrogen-bond donors (Lipinski definition) is 2. The van der Waals surface area contributed by atoms with E-state index in [0.29, 0.717) is 6.54 Å². The second-order valence-electron chi connectivity index (χ2n) is 5.63. The van der Waals surface area contributed by atoms with Gasteiger partial charge < -0.3 is 15.5 Å². The summed E-state index contributed by atoms with van der Waals surface area (Å²) in [6.07, 6.45) is 1.93. The summed E-state index contributed by atoms with van der Waals surface area (Å²) in [5.74, 6) is 0.563. The Morgan fingerprint density at radius 1 is 1.29 bits per heavy atom. The lowest BCUT2D eigenvalue weighted by atomic mass is 10.1. The van der Waals surface area contributed by atoms with Crippen LogP contribution >= 0.6 is 11.3 Å². The fourth-order valence-corrected chi connectivity index (χ4v) is 3.16. The van der Waals surface area contributed by atoms with Gasteiger partial charge in [-0.3, -0.25) is 9.59 Å². The maximum Gasteiger partial charge on any atom is 0.222 e. The normalized spacial score (nSPS) is 11.6. The van der Waals surface area contributed by atoms with Crippen molar-refractivity contribution in [1.29, 1.82) is 0 Å². The summed E-state index contributed by atoms with van der Waals surface area (Å²) in [7, 11) is 3.83. The Morgan fingerprint density at radius 2 is 2.08 bits per heavy atom. The third-order valence-electron chi connectivity index (χ3n) is 3.42. The average Bonchev–Trinajstić information content (AvgIpc) is 3.06. The van der Waals surface area contributed by atoms with E-state index in [1.165, 1.54) is 18.3 Å². The zero-order valence-electron chi connectivity index (χ0n) is 14.1. The van der Waals surface area contributed by atoms with Crippen LogP contribution in [0, 0.1) is 0 Å². The minimum Gasteiger partial charge on any atom is -0.362 e. The van der Waals surface area contributed by atoms with Gasteiger partial charge in [0, 0.05) is 44.2 Å². The first-order chi connectivity index (χ1) is 11.5. The first-order valence-corrected chi connectivity index (χ1v) is 8.53. The highest BCUT2D eigenvalue weighted by Gasteiger charge is 2.18. The Hall–Kier alpha value is -2.41. The average molecular weight is 346 g/mol. The highest BCUT2D eigenvalue weighted by molar-refractivity contribution is 7.10. The van der Waals surface area contributed by atoms with Crippen molar-refractivity contribution in [2.45, 2.75) is 25.9 Å². The van der Waals surface area contributed by atoms with Gasteiger partial charge in [0.1, 0.15) is 5.82 Å². The molecule has 7 heteroatoms. The first kappa shape index (κ1) is 17.9. The van der Waals surface area contributed by atoms with E-state index in [1.807, 2.05) is 48.6 Å². The first-order valence-electron chi connectivity index (χ1n) is 7.65. The quantitative estimate of drug-likeness (QED) is 0.805. The van der Waals surface area contributed by atoms with E-state index in [9.17, 15) is 9.59 Å². The van der Waals surface area contributed by atoms with Crippen LogP contribution in [-0.2, 0) is 16.1 Å². The molecule has 128 valence electrons. The number of rotatable bonds is 7. The van der Waals surface area contributed by atoms with Gasteiger partial charge in [-0.25, -0.2) is 4.98 Å². The fraction of sp³-hybridized carbons (Fsp3) is 0.353. The lowest BCUT2D eigenvalue weighted by molar-refractivity contribution is -0.122. The van der Waals surface area contributed by atoms with Crippen molar-refractivity contribution in [3.8, 4) is 0 Å². The molecule has 2 aromatic rings. The Balaban J connectivity index is 1.98. The van der Waals surface area contributed by atoms with Gasteiger partial charge in [-0.2, -0.15) is 0 Å². The summed E-state index contributed by atoms with van der Waals surface area (Å²) < 4.78 is 0. The molecule has 0 aliphatic carbocycles.